The molecule has 1 aliphatic carbocycles. The number of benzene rings is 3. The highest BCUT2D eigenvalue weighted by molar-refractivity contribution is 9.10. The van der Waals surface area contributed by atoms with Crippen LogP contribution < -0.4 is 15.7 Å². The summed E-state index contributed by atoms with van der Waals surface area (Å²) in [4.78, 5) is 52.8. The van der Waals surface area contributed by atoms with Gasteiger partial charge in [0.2, 0.25) is 0 Å². The summed E-state index contributed by atoms with van der Waals surface area (Å²) in [5, 5.41) is 3.05. The van der Waals surface area contributed by atoms with Crippen LogP contribution in [0.5, 0.6) is 5.75 Å². The summed E-state index contributed by atoms with van der Waals surface area (Å²) < 4.78 is 10.0. The van der Waals surface area contributed by atoms with E-state index < -0.39 is 5.91 Å². The van der Waals surface area contributed by atoms with Crippen molar-refractivity contribution in [1.29, 1.82) is 0 Å². The molecule has 1 N–H and O–H groups in total. The lowest BCUT2D eigenvalue weighted by Crippen LogP contribution is -2.47. The lowest BCUT2D eigenvalue weighted by atomic mass is 10.1. The van der Waals surface area contributed by atoms with Gasteiger partial charge in [0.1, 0.15) is 11.4 Å². The van der Waals surface area contributed by atoms with Gasteiger partial charge in [-0.3, -0.25) is 18.7 Å². The Kier molecular flexibility index (Phi) is 8.70. The molecule has 2 aliphatic rings. The van der Waals surface area contributed by atoms with E-state index in [-0.39, 0.29) is 48.4 Å². The van der Waals surface area contributed by atoms with Crippen molar-refractivity contribution in [3.63, 3.8) is 0 Å². The van der Waals surface area contributed by atoms with Gasteiger partial charge in [-0.25, -0.2) is 14.8 Å². The van der Waals surface area contributed by atoms with Crippen molar-refractivity contribution < 1.29 is 14.3 Å². The molecule has 0 saturated heterocycles. The number of amides is 2. The molecular formula is C38H37BrN6O4. The van der Waals surface area contributed by atoms with Crippen LogP contribution in [0.1, 0.15) is 64.4 Å². The van der Waals surface area contributed by atoms with Crippen molar-refractivity contribution in [1.82, 2.24) is 29.3 Å². The highest BCUT2D eigenvalue weighted by Gasteiger charge is 2.38. The van der Waals surface area contributed by atoms with E-state index in [4.69, 9.17) is 4.74 Å². The van der Waals surface area contributed by atoms with E-state index in [1.54, 1.807) is 46.1 Å². The molecular weight excluding hydrogens is 684 g/mol. The molecule has 0 spiro atoms. The smallest absolute Gasteiger partial charge is 0.333 e. The molecule has 10 nitrogen and oxygen atoms in total. The predicted molar refractivity (Wildman–Crippen MR) is 190 cm³/mol. The number of aryl methyl sites for hydroxylation is 1. The first kappa shape index (κ1) is 32.5. The normalized spacial score (nSPS) is 16.2. The standard InChI is InChI=1S/C38H37BrN6O4/c1-24-19-26(9-14-31(24)39)36(47)43-22-32-33(35(46)42-20-27-7-4-5-8-30(27)34-40-17-6-18-41-34)45(37(48)44(32)21-25(43)2)28-10-12-29(13-11-28)49-23-38(3)15-16-38/h4-14,17-19,25H,15-16,20-23H2,1-3H3,(H,42,46). The molecule has 49 heavy (non-hydrogen) atoms. The molecule has 5 aromatic rings. The number of rotatable bonds is 9. The summed E-state index contributed by atoms with van der Waals surface area (Å²) in [5.41, 5.74) is 4.20. The Hall–Kier alpha value is -5.03. The van der Waals surface area contributed by atoms with Gasteiger partial charge in [0.15, 0.2) is 5.82 Å². The van der Waals surface area contributed by atoms with E-state index >= 15 is 0 Å². The Morgan fingerprint density at radius 3 is 2.47 bits per heavy atom. The molecule has 1 saturated carbocycles. The molecule has 3 heterocycles. The number of hydrogen-bond acceptors (Lipinski definition) is 6. The summed E-state index contributed by atoms with van der Waals surface area (Å²) in [6, 6.07) is 21.8. The van der Waals surface area contributed by atoms with Gasteiger partial charge < -0.3 is 15.0 Å². The monoisotopic (exact) mass is 720 g/mol. The summed E-state index contributed by atoms with van der Waals surface area (Å²) in [6.45, 7) is 7.21. The third-order valence-electron chi connectivity index (χ3n) is 9.47. The molecule has 1 fully saturated rings. The number of nitrogens with one attached hydrogen (secondary N) is 1. The van der Waals surface area contributed by atoms with Crippen molar-refractivity contribution in [2.45, 2.75) is 59.3 Å². The molecule has 1 aliphatic heterocycles. The van der Waals surface area contributed by atoms with Crippen LogP contribution in [0.2, 0.25) is 0 Å². The van der Waals surface area contributed by atoms with Crippen molar-refractivity contribution >= 4 is 27.7 Å². The highest BCUT2D eigenvalue weighted by Crippen LogP contribution is 2.45. The second kappa shape index (κ2) is 13.1. The zero-order valence-corrected chi connectivity index (χ0v) is 29.2. The van der Waals surface area contributed by atoms with Gasteiger partial charge in [-0.05, 0) is 86.3 Å². The third kappa shape index (κ3) is 6.55. The topological polar surface area (TPSA) is 111 Å². The van der Waals surface area contributed by atoms with Crippen LogP contribution in [0.25, 0.3) is 17.1 Å². The molecule has 2 amide bonds. The Morgan fingerprint density at radius 1 is 1.02 bits per heavy atom. The van der Waals surface area contributed by atoms with Crippen LogP contribution in [0.4, 0.5) is 0 Å². The van der Waals surface area contributed by atoms with Gasteiger partial charge in [0.25, 0.3) is 11.8 Å². The zero-order chi connectivity index (χ0) is 34.3. The fraction of sp³-hybridized carbons (Fsp3) is 0.289. The number of hydrogen-bond donors (Lipinski definition) is 1. The number of carbonyl (C=O) groups is 2. The molecule has 0 radical (unpaired) electrons. The summed E-state index contributed by atoms with van der Waals surface area (Å²) in [6.07, 6.45) is 5.65. The molecule has 1 unspecified atom stereocenters. The minimum Gasteiger partial charge on any atom is -0.493 e. The maximum absolute atomic E-state index is 14.3. The molecule has 7 rings (SSSR count). The van der Waals surface area contributed by atoms with Gasteiger partial charge >= 0.3 is 5.69 Å². The van der Waals surface area contributed by atoms with Crippen LogP contribution in [0.15, 0.2) is 94.5 Å². The van der Waals surface area contributed by atoms with Gasteiger partial charge in [-0.1, -0.05) is 47.1 Å². The average molecular weight is 722 g/mol. The first-order chi connectivity index (χ1) is 23.6. The molecule has 1 atom stereocenters. The second-order valence-corrected chi connectivity index (χ2v) is 14.1. The summed E-state index contributed by atoms with van der Waals surface area (Å²) in [5.74, 6) is 0.659. The fourth-order valence-corrected chi connectivity index (χ4v) is 6.45. The Balaban J connectivity index is 1.24. The van der Waals surface area contributed by atoms with Gasteiger partial charge in [0.05, 0.1) is 24.5 Å². The Labute approximate surface area is 292 Å². The molecule has 2 aromatic heterocycles. The maximum atomic E-state index is 14.3. The summed E-state index contributed by atoms with van der Waals surface area (Å²) in [7, 11) is 0. The minimum absolute atomic E-state index is 0.0916. The van der Waals surface area contributed by atoms with Gasteiger partial charge in [-0.15, -0.1) is 0 Å². The minimum atomic E-state index is -0.432. The lowest BCUT2D eigenvalue weighted by Gasteiger charge is -2.34. The number of ether oxygens (including phenoxy) is 1. The lowest BCUT2D eigenvalue weighted by molar-refractivity contribution is 0.0610. The predicted octanol–water partition coefficient (Wildman–Crippen LogP) is 6.32. The van der Waals surface area contributed by atoms with Gasteiger partial charge in [-0.2, -0.15) is 0 Å². The number of fused-ring (bicyclic) bond motifs is 1. The summed E-state index contributed by atoms with van der Waals surface area (Å²) >= 11 is 3.51. The number of imidazole rings is 1. The number of nitrogens with zero attached hydrogens (tertiary/aromatic N) is 5. The zero-order valence-electron chi connectivity index (χ0n) is 27.6. The van der Waals surface area contributed by atoms with Crippen molar-refractivity contribution in [2.75, 3.05) is 6.61 Å². The van der Waals surface area contributed by atoms with Crippen molar-refractivity contribution in [3.05, 3.63) is 128 Å². The highest BCUT2D eigenvalue weighted by atomic mass is 79.9. The number of halogens is 1. The molecule has 250 valence electrons. The van der Waals surface area contributed by atoms with Crippen LogP contribution in [0, 0.1) is 12.3 Å². The van der Waals surface area contributed by atoms with Crippen molar-refractivity contribution in [2.24, 2.45) is 5.41 Å². The second-order valence-electron chi connectivity index (χ2n) is 13.3. The van der Waals surface area contributed by atoms with Gasteiger partial charge in [0, 0.05) is 52.5 Å². The van der Waals surface area contributed by atoms with E-state index in [1.807, 2.05) is 62.4 Å². The first-order valence-corrected chi connectivity index (χ1v) is 17.2. The quantitative estimate of drug-likeness (QED) is 0.191. The average Bonchev–Trinajstić information content (AvgIpc) is 3.80. The maximum Gasteiger partial charge on any atom is 0.333 e. The molecule has 11 heteroatoms. The number of aromatic nitrogens is 4. The third-order valence-corrected chi connectivity index (χ3v) is 10.4. The molecule has 3 aromatic carbocycles. The first-order valence-electron chi connectivity index (χ1n) is 16.4. The van der Waals surface area contributed by atoms with Crippen LogP contribution in [0.3, 0.4) is 0 Å². The van der Waals surface area contributed by atoms with E-state index in [2.05, 4.69) is 38.1 Å². The van der Waals surface area contributed by atoms with Crippen LogP contribution in [-0.2, 0) is 19.6 Å². The van der Waals surface area contributed by atoms with E-state index in [0.717, 1.165) is 34.0 Å². The van der Waals surface area contributed by atoms with Crippen LogP contribution in [-0.4, -0.2) is 48.5 Å². The largest absolute Gasteiger partial charge is 0.493 e. The van der Waals surface area contributed by atoms with Crippen molar-refractivity contribution in [3.8, 4) is 22.8 Å². The molecule has 0 bridgehead atoms. The SMILES string of the molecule is Cc1cc(C(=O)N2Cc3c(C(=O)NCc4ccccc4-c4ncccn4)n(-c4ccc(OCC5(C)CC5)cc4)c(=O)n3CC2C)ccc1Br. The van der Waals surface area contributed by atoms with E-state index in [1.165, 1.54) is 4.57 Å². The van der Waals surface area contributed by atoms with E-state index in [9.17, 15) is 14.4 Å². The fourth-order valence-electron chi connectivity index (χ4n) is 6.20. The number of carbonyl (C=O) groups excluding carboxylic acids is 2. The van der Waals surface area contributed by atoms with E-state index in [0.29, 0.717) is 35.1 Å². The Bertz CT molecular complexity index is 2100. The van der Waals surface area contributed by atoms with Crippen LogP contribution >= 0.6 is 15.9 Å². The Morgan fingerprint density at radius 2 is 1.76 bits per heavy atom.